The SMILES string of the molecule is CC1(C)NC(=C=O)c2ccc(C#N)cc21. The summed E-state index contributed by atoms with van der Waals surface area (Å²) >= 11 is 0. The first-order valence-corrected chi connectivity index (χ1v) is 4.67. The third kappa shape index (κ3) is 1.32. The van der Waals surface area contributed by atoms with E-state index < -0.39 is 0 Å². The Labute approximate surface area is 88.0 Å². The Balaban J connectivity index is 2.71. The van der Waals surface area contributed by atoms with Crippen molar-refractivity contribution in [3.05, 3.63) is 34.9 Å². The minimum absolute atomic E-state index is 0.311. The van der Waals surface area contributed by atoms with E-state index in [2.05, 4.69) is 11.4 Å². The maximum Gasteiger partial charge on any atom is 0.150 e. The largest absolute Gasteiger partial charge is 0.367 e. The van der Waals surface area contributed by atoms with Gasteiger partial charge in [0.2, 0.25) is 0 Å². The average Bonchev–Trinajstić information content (AvgIpc) is 2.50. The topological polar surface area (TPSA) is 52.9 Å². The molecule has 3 nitrogen and oxygen atoms in total. The fourth-order valence-electron chi connectivity index (χ4n) is 1.88. The zero-order valence-corrected chi connectivity index (χ0v) is 8.59. The lowest BCUT2D eigenvalue weighted by atomic mass is 9.93. The molecule has 0 saturated carbocycles. The van der Waals surface area contributed by atoms with Crippen molar-refractivity contribution in [1.29, 1.82) is 5.26 Å². The molecule has 0 bridgehead atoms. The van der Waals surface area contributed by atoms with E-state index in [1.54, 1.807) is 12.1 Å². The summed E-state index contributed by atoms with van der Waals surface area (Å²) in [5, 5.41) is 11.9. The maximum atomic E-state index is 10.7. The molecule has 0 fully saturated rings. The van der Waals surface area contributed by atoms with E-state index in [4.69, 9.17) is 5.26 Å². The van der Waals surface area contributed by atoms with Crippen molar-refractivity contribution in [2.45, 2.75) is 19.4 Å². The molecule has 0 radical (unpaired) electrons. The van der Waals surface area contributed by atoms with Crippen LogP contribution in [0, 0.1) is 11.3 Å². The first-order valence-electron chi connectivity index (χ1n) is 4.67. The zero-order valence-electron chi connectivity index (χ0n) is 8.59. The van der Waals surface area contributed by atoms with Crippen molar-refractivity contribution >= 4 is 11.6 Å². The number of hydrogen-bond donors (Lipinski definition) is 1. The highest BCUT2D eigenvalue weighted by Gasteiger charge is 2.33. The van der Waals surface area contributed by atoms with Crippen LogP contribution in [-0.4, -0.2) is 5.94 Å². The highest BCUT2D eigenvalue weighted by Crippen LogP contribution is 2.35. The molecule has 1 aliphatic rings. The molecule has 0 amide bonds. The van der Waals surface area contributed by atoms with Gasteiger partial charge in [-0.15, -0.1) is 0 Å². The highest BCUT2D eigenvalue weighted by molar-refractivity contribution is 5.90. The number of nitrogens with zero attached hydrogens (tertiary/aromatic N) is 1. The van der Waals surface area contributed by atoms with Crippen LogP contribution in [-0.2, 0) is 10.3 Å². The molecule has 1 N–H and O–H groups in total. The van der Waals surface area contributed by atoms with E-state index in [9.17, 15) is 4.79 Å². The number of hydrogen-bond acceptors (Lipinski definition) is 3. The van der Waals surface area contributed by atoms with Crippen molar-refractivity contribution in [2.24, 2.45) is 0 Å². The summed E-state index contributed by atoms with van der Waals surface area (Å²) in [6.45, 7) is 3.94. The fraction of sp³-hybridized carbons (Fsp3) is 0.250. The quantitative estimate of drug-likeness (QED) is 0.644. The number of carbonyl (C=O) groups excluding carboxylic acids is 1. The van der Waals surface area contributed by atoms with Crippen LogP contribution in [0.25, 0.3) is 5.70 Å². The second-order valence-electron chi connectivity index (χ2n) is 4.10. The third-order valence-electron chi connectivity index (χ3n) is 2.63. The van der Waals surface area contributed by atoms with E-state index >= 15 is 0 Å². The van der Waals surface area contributed by atoms with Gasteiger partial charge in [0.25, 0.3) is 0 Å². The predicted molar refractivity (Wildman–Crippen MR) is 56.4 cm³/mol. The Hall–Kier alpha value is -2.04. The maximum absolute atomic E-state index is 10.7. The fourth-order valence-corrected chi connectivity index (χ4v) is 1.88. The van der Waals surface area contributed by atoms with Gasteiger partial charge in [0.1, 0.15) is 5.70 Å². The van der Waals surface area contributed by atoms with Gasteiger partial charge >= 0.3 is 0 Å². The summed E-state index contributed by atoms with van der Waals surface area (Å²) in [6.07, 6.45) is 0. The van der Waals surface area contributed by atoms with Gasteiger partial charge in [-0.1, -0.05) is 6.07 Å². The second-order valence-corrected chi connectivity index (χ2v) is 4.10. The van der Waals surface area contributed by atoms with E-state index in [1.807, 2.05) is 25.9 Å². The van der Waals surface area contributed by atoms with Crippen molar-refractivity contribution in [2.75, 3.05) is 0 Å². The molecule has 1 aliphatic heterocycles. The number of fused-ring (bicyclic) bond motifs is 1. The Kier molecular flexibility index (Phi) is 1.89. The van der Waals surface area contributed by atoms with Crippen molar-refractivity contribution in [1.82, 2.24) is 5.32 Å². The standard InChI is InChI=1S/C12H10N2O/c1-12(2)10-5-8(6-13)3-4-9(10)11(7-15)14-12/h3-5,14H,1-2H3. The van der Waals surface area contributed by atoms with Crippen LogP contribution in [0.3, 0.4) is 0 Å². The Morgan fingerprint density at radius 3 is 2.73 bits per heavy atom. The number of rotatable bonds is 0. The normalized spacial score (nSPS) is 16.2. The average molecular weight is 198 g/mol. The van der Waals surface area contributed by atoms with Crippen LogP contribution in [0.5, 0.6) is 0 Å². The molecule has 0 atom stereocenters. The first kappa shape index (κ1) is 9.51. The van der Waals surface area contributed by atoms with Crippen LogP contribution in [0.1, 0.15) is 30.5 Å². The van der Waals surface area contributed by atoms with Crippen molar-refractivity contribution in [3.8, 4) is 6.07 Å². The molecule has 0 saturated heterocycles. The number of nitrogens with one attached hydrogen (secondary N) is 1. The lowest BCUT2D eigenvalue weighted by Gasteiger charge is -2.19. The molecule has 2 rings (SSSR count). The summed E-state index contributed by atoms with van der Waals surface area (Å²) in [6, 6.07) is 7.40. The number of benzene rings is 1. The van der Waals surface area contributed by atoms with Crippen LogP contribution in [0.2, 0.25) is 0 Å². The molecular formula is C12H10N2O. The summed E-state index contributed by atoms with van der Waals surface area (Å²) < 4.78 is 0. The van der Waals surface area contributed by atoms with E-state index in [0.717, 1.165) is 11.1 Å². The lowest BCUT2D eigenvalue weighted by Crippen LogP contribution is -2.28. The smallest absolute Gasteiger partial charge is 0.150 e. The molecule has 1 heterocycles. The lowest BCUT2D eigenvalue weighted by molar-refractivity contribution is 0.497. The Bertz CT molecular complexity index is 517. The van der Waals surface area contributed by atoms with Crippen molar-refractivity contribution in [3.63, 3.8) is 0 Å². The van der Waals surface area contributed by atoms with Gasteiger partial charge in [0.05, 0.1) is 17.2 Å². The van der Waals surface area contributed by atoms with Crippen LogP contribution in [0.4, 0.5) is 0 Å². The van der Waals surface area contributed by atoms with Crippen LogP contribution < -0.4 is 5.32 Å². The minimum Gasteiger partial charge on any atom is -0.367 e. The van der Waals surface area contributed by atoms with Crippen LogP contribution in [0.15, 0.2) is 18.2 Å². The predicted octanol–water partition coefficient (Wildman–Crippen LogP) is 1.57. The van der Waals surface area contributed by atoms with Gasteiger partial charge in [-0.25, -0.2) is 4.79 Å². The summed E-state index contributed by atoms with van der Waals surface area (Å²) in [4.78, 5) is 10.7. The van der Waals surface area contributed by atoms with Gasteiger partial charge in [-0.05, 0) is 31.5 Å². The van der Waals surface area contributed by atoms with Gasteiger partial charge in [-0.3, -0.25) is 0 Å². The van der Waals surface area contributed by atoms with E-state index in [1.165, 1.54) is 0 Å². The molecule has 0 aliphatic carbocycles. The number of nitriles is 1. The monoisotopic (exact) mass is 198 g/mol. The van der Waals surface area contributed by atoms with E-state index in [0.29, 0.717) is 11.3 Å². The van der Waals surface area contributed by atoms with E-state index in [-0.39, 0.29) is 5.54 Å². The summed E-state index contributed by atoms with van der Waals surface area (Å²) in [5.74, 6) is 1.89. The molecule has 0 aromatic heterocycles. The molecule has 3 heteroatoms. The van der Waals surface area contributed by atoms with Gasteiger partial charge in [0, 0.05) is 5.56 Å². The zero-order chi connectivity index (χ0) is 11.1. The summed E-state index contributed by atoms with van der Waals surface area (Å²) in [5.41, 5.74) is 2.58. The highest BCUT2D eigenvalue weighted by atomic mass is 16.1. The molecule has 1 aromatic rings. The second kappa shape index (κ2) is 2.98. The molecular weight excluding hydrogens is 188 g/mol. The molecule has 0 spiro atoms. The molecule has 15 heavy (non-hydrogen) atoms. The third-order valence-corrected chi connectivity index (χ3v) is 2.63. The molecule has 0 unspecified atom stereocenters. The molecule has 74 valence electrons. The Morgan fingerprint density at radius 2 is 2.13 bits per heavy atom. The summed E-state index contributed by atoms with van der Waals surface area (Å²) in [7, 11) is 0. The van der Waals surface area contributed by atoms with Gasteiger partial charge < -0.3 is 5.32 Å². The van der Waals surface area contributed by atoms with Crippen LogP contribution >= 0.6 is 0 Å². The minimum atomic E-state index is -0.311. The Morgan fingerprint density at radius 1 is 1.40 bits per heavy atom. The van der Waals surface area contributed by atoms with Crippen molar-refractivity contribution < 1.29 is 4.79 Å². The van der Waals surface area contributed by atoms with Gasteiger partial charge in [-0.2, -0.15) is 5.26 Å². The van der Waals surface area contributed by atoms with Gasteiger partial charge in [0.15, 0.2) is 5.94 Å². The molecule has 1 aromatic carbocycles. The first-order chi connectivity index (χ1) is 7.08.